The van der Waals surface area contributed by atoms with Crippen molar-refractivity contribution in [3.05, 3.63) is 65.7 Å². The number of para-hydroxylation sites is 1. The molecule has 0 bridgehead atoms. The van der Waals surface area contributed by atoms with Crippen LogP contribution in [-0.2, 0) is 21.0 Å². The predicted molar refractivity (Wildman–Crippen MR) is 146 cm³/mol. The van der Waals surface area contributed by atoms with E-state index in [1.54, 1.807) is 0 Å². The molecule has 1 N–H and O–H groups in total. The molecule has 0 spiro atoms. The quantitative estimate of drug-likeness (QED) is 0.488. The average Bonchev–Trinajstić information content (AvgIpc) is 3.20. The molecule has 198 valence electrons. The van der Waals surface area contributed by atoms with Crippen LogP contribution < -0.4 is 10.4 Å². The van der Waals surface area contributed by atoms with E-state index in [4.69, 9.17) is 4.84 Å². The molecule has 37 heavy (non-hydrogen) atoms. The summed E-state index contributed by atoms with van der Waals surface area (Å²) < 4.78 is 0. The van der Waals surface area contributed by atoms with E-state index in [0.29, 0.717) is 12.6 Å². The molecule has 2 aromatic rings. The van der Waals surface area contributed by atoms with Gasteiger partial charge in [0.1, 0.15) is 0 Å². The molecule has 1 aliphatic carbocycles. The number of hydroxylamine groups is 1. The van der Waals surface area contributed by atoms with Crippen molar-refractivity contribution in [2.75, 3.05) is 18.0 Å². The summed E-state index contributed by atoms with van der Waals surface area (Å²) in [6.45, 7) is 7.11. The molecule has 0 aromatic heterocycles. The van der Waals surface area contributed by atoms with Gasteiger partial charge in [-0.1, -0.05) is 62.4 Å². The second-order valence-electron chi connectivity index (χ2n) is 11.4. The van der Waals surface area contributed by atoms with Crippen LogP contribution in [0.4, 0.5) is 5.69 Å². The van der Waals surface area contributed by atoms with Gasteiger partial charge < -0.3 is 9.80 Å². The highest BCUT2D eigenvalue weighted by Gasteiger charge is 2.42. The van der Waals surface area contributed by atoms with Crippen molar-refractivity contribution in [3.8, 4) is 0 Å². The van der Waals surface area contributed by atoms with Gasteiger partial charge in [0.05, 0.1) is 12.5 Å². The number of anilines is 1. The summed E-state index contributed by atoms with van der Waals surface area (Å²) in [5, 5.41) is 0. The molecule has 0 radical (unpaired) electrons. The molecule has 2 fully saturated rings. The Morgan fingerprint density at radius 2 is 1.59 bits per heavy atom. The summed E-state index contributed by atoms with van der Waals surface area (Å²) in [6.07, 6.45) is 7.38. The van der Waals surface area contributed by atoms with Gasteiger partial charge in [0, 0.05) is 37.3 Å². The smallest absolute Gasteiger partial charge is 0.244 e. The molecule has 5 rings (SSSR count). The number of fused-ring (bicyclic) bond motifs is 1. The first-order valence-corrected chi connectivity index (χ1v) is 14.1. The largest absolute Gasteiger partial charge is 0.308 e. The maximum atomic E-state index is 13.7. The van der Waals surface area contributed by atoms with Gasteiger partial charge in [0.2, 0.25) is 11.8 Å². The minimum Gasteiger partial charge on any atom is -0.308 e. The monoisotopic (exact) mass is 503 g/mol. The van der Waals surface area contributed by atoms with E-state index in [9.17, 15) is 9.59 Å². The van der Waals surface area contributed by atoms with Crippen molar-refractivity contribution in [3.63, 3.8) is 0 Å². The van der Waals surface area contributed by atoms with Crippen LogP contribution in [0.15, 0.2) is 54.6 Å². The zero-order valence-electron chi connectivity index (χ0n) is 22.3. The molecule has 1 saturated heterocycles. The Balaban J connectivity index is 1.16. The molecular weight excluding hydrogens is 462 g/mol. The molecule has 1 unspecified atom stereocenters. The number of hydrogen-bond donors (Lipinski definition) is 1. The lowest BCUT2D eigenvalue weighted by atomic mass is 9.79. The van der Waals surface area contributed by atoms with Gasteiger partial charge >= 0.3 is 0 Å². The zero-order chi connectivity index (χ0) is 25.8. The molecule has 2 heterocycles. The normalized spacial score (nSPS) is 24.9. The van der Waals surface area contributed by atoms with Crippen LogP contribution in [0, 0.1) is 11.8 Å². The fourth-order valence-corrected chi connectivity index (χ4v) is 6.64. The van der Waals surface area contributed by atoms with E-state index in [-0.39, 0.29) is 24.3 Å². The zero-order valence-corrected chi connectivity index (χ0v) is 22.3. The maximum Gasteiger partial charge on any atom is 0.244 e. The van der Waals surface area contributed by atoms with Gasteiger partial charge in [-0.15, -0.1) is 0 Å². The van der Waals surface area contributed by atoms with Crippen molar-refractivity contribution < 1.29 is 14.4 Å². The number of nitrogens with zero attached hydrogens (tertiary/aromatic N) is 2. The highest BCUT2D eigenvalue weighted by Crippen LogP contribution is 2.42. The second kappa shape index (κ2) is 11.8. The SMILES string of the molecule is CC(C)[C@H]1CC[C@@H](N2CCC(N3C(=O)C(CC(=O)NOCc4ccccc4)c4ccccc43)CC2)CC1. The van der Waals surface area contributed by atoms with Crippen molar-refractivity contribution >= 4 is 17.5 Å². The molecule has 2 aromatic carbocycles. The minimum atomic E-state index is -0.458. The highest BCUT2D eigenvalue weighted by molar-refractivity contribution is 6.07. The standard InChI is InChI=1S/C31H41N3O3/c1-22(2)24-12-14-25(15-13-24)33-18-16-26(17-19-33)34-29-11-7-6-10-27(29)28(31(34)36)20-30(35)32-37-21-23-8-4-3-5-9-23/h3-11,22,24-26,28H,12-21H2,1-2H3,(H,32,35)/t24-,25+,28?. The third-order valence-electron chi connectivity index (χ3n) is 8.83. The number of hydrogen-bond acceptors (Lipinski definition) is 4. The lowest BCUT2D eigenvalue weighted by Gasteiger charge is -2.43. The Kier molecular flexibility index (Phi) is 8.26. The van der Waals surface area contributed by atoms with E-state index in [1.165, 1.54) is 25.7 Å². The van der Waals surface area contributed by atoms with Crippen LogP contribution in [0.2, 0.25) is 0 Å². The second-order valence-corrected chi connectivity index (χ2v) is 11.4. The Hall–Kier alpha value is -2.70. The predicted octanol–water partition coefficient (Wildman–Crippen LogP) is 5.43. The number of carbonyl (C=O) groups excluding carboxylic acids is 2. The van der Waals surface area contributed by atoms with E-state index < -0.39 is 5.92 Å². The van der Waals surface area contributed by atoms with Gasteiger partial charge in [0.15, 0.2) is 0 Å². The number of nitrogens with one attached hydrogen (secondary N) is 1. The van der Waals surface area contributed by atoms with Crippen LogP contribution in [0.1, 0.15) is 75.8 Å². The first-order valence-electron chi connectivity index (χ1n) is 14.1. The molecule has 2 amide bonds. The third-order valence-corrected chi connectivity index (χ3v) is 8.83. The first kappa shape index (κ1) is 25.9. The molecule has 6 heteroatoms. The number of likely N-dealkylation sites (tertiary alicyclic amines) is 1. The van der Waals surface area contributed by atoms with Crippen molar-refractivity contribution in [2.45, 2.75) is 83.4 Å². The van der Waals surface area contributed by atoms with Crippen LogP contribution in [0.25, 0.3) is 0 Å². The first-order chi connectivity index (χ1) is 18.0. The van der Waals surface area contributed by atoms with Gasteiger partial charge in [-0.3, -0.25) is 14.4 Å². The molecule has 1 saturated carbocycles. The van der Waals surface area contributed by atoms with Crippen LogP contribution in [0.5, 0.6) is 0 Å². The summed E-state index contributed by atoms with van der Waals surface area (Å²) in [7, 11) is 0. The molecule has 2 aliphatic heterocycles. The lowest BCUT2D eigenvalue weighted by Crippen LogP contribution is -2.50. The fourth-order valence-electron chi connectivity index (χ4n) is 6.64. The summed E-state index contributed by atoms with van der Waals surface area (Å²) in [5.41, 5.74) is 5.46. The van der Waals surface area contributed by atoms with Crippen LogP contribution >= 0.6 is 0 Å². The minimum absolute atomic E-state index is 0.0512. The topological polar surface area (TPSA) is 61.9 Å². The Labute approximate surface area is 221 Å². The number of benzene rings is 2. The van der Waals surface area contributed by atoms with Crippen LogP contribution in [-0.4, -0.2) is 41.9 Å². The molecule has 3 aliphatic rings. The van der Waals surface area contributed by atoms with Gasteiger partial charge in [-0.25, -0.2) is 5.48 Å². The number of piperidine rings is 1. The lowest BCUT2D eigenvalue weighted by molar-refractivity contribution is -0.136. The van der Waals surface area contributed by atoms with E-state index in [2.05, 4.69) is 24.2 Å². The van der Waals surface area contributed by atoms with Crippen molar-refractivity contribution in [2.24, 2.45) is 11.8 Å². The van der Waals surface area contributed by atoms with Crippen LogP contribution in [0.3, 0.4) is 0 Å². The van der Waals surface area contributed by atoms with Gasteiger partial charge in [-0.2, -0.15) is 0 Å². The van der Waals surface area contributed by atoms with Gasteiger partial charge in [0.25, 0.3) is 0 Å². The number of rotatable bonds is 8. The third kappa shape index (κ3) is 5.91. The van der Waals surface area contributed by atoms with Crippen molar-refractivity contribution in [1.29, 1.82) is 0 Å². The van der Waals surface area contributed by atoms with Gasteiger partial charge in [-0.05, 0) is 67.6 Å². The molecular formula is C31H41N3O3. The van der Waals surface area contributed by atoms with E-state index in [0.717, 1.165) is 54.6 Å². The Morgan fingerprint density at radius 1 is 0.919 bits per heavy atom. The average molecular weight is 504 g/mol. The Bertz CT molecular complexity index is 1060. The van der Waals surface area contributed by atoms with E-state index in [1.807, 2.05) is 59.5 Å². The number of carbonyl (C=O) groups is 2. The Morgan fingerprint density at radius 3 is 2.30 bits per heavy atom. The number of amides is 2. The molecule has 6 nitrogen and oxygen atoms in total. The maximum absolute atomic E-state index is 13.7. The van der Waals surface area contributed by atoms with E-state index >= 15 is 0 Å². The summed E-state index contributed by atoms with van der Waals surface area (Å²) >= 11 is 0. The summed E-state index contributed by atoms with van der Waals surface area (Å²) in [6, 6.07) is 18.6. The highest BCUT2D eigenvalue weighted by atomic mass is 16.6. The van der Waals surface area contributed by atoms with Crippen molar-refractivity contribution in [1.82, 2.24) is 10.4 Å². The fraction of sp³-hybridized carbons (Fsp3) is 0.548. The summed E-state index contributed by atoms with van der Waals surface area (Å²) in [4.78, 5) is 36.5. The molecule has 1 atom stereocenters. The summed E-state index contributed by atoms with van der Waals surface area (Å²) in [5.74, 6) is 0.998.